The van der Waals surface area contributed by atoms with Crippen molar-refractivity contribution in [1.29, 1.82) is 0 Å². The molecule has 0 aliphatic rings. The molecule has 0 aromatic carbocycles. The van der Waals surface area contributed by atoms with Crippen molar-refractivity contribution in [2.75, 3.05) is 6.54 Å². The smallest absolute Gasteiger partial charge is 0.207 e. The van der Waals surface area contributed by atoms with Crippen LogP contribution < -0.4 is 0 Å². The number of aromatic nitrogens is 2. The van der Waals surface area contributed by atoms with E-state index in [1.165, 1.54) is 30.6 Å². The second kappa shape index (κ2) is 7.20. The van der Waals surface area contributed by atoms with Crippen molar-refractivity contribution in [3.63, 3.8) is 0 Å². The Morgan fingerprint density at radius 2 is 2.06 bits per heavy atom. The molecule has 0 fully saturated rings. The summed E-state index contributed by atoms with van der Waals surface area (Å²) in [6.07, 6.45) is 3.80. The third kappa shape index (κ3) is 4.76. The molecule has 1 aromatic heterocycles. The van der Waals surface area contributed by atoms with Crippen LogP contribution in [0.1, 0.15) is 45.0 Å². The fourth-order valence-corrected chi connectivity index (χ4v) is 2.45. The lowest BCUT2D eigenvalue weighted by atomic mass is 10.2. The largest absolute Gasteiger partial charge is 0.294 e. The molecule has 92 valence electrons. The first-order valence-electron chi connectivity index (χ1n) is 5.85. The molecule has 16 heavy (non-hydrogen) atoms. The predicted octanol–water partition coefficient (Wildman–Crippen LogP) is 3.59. The Labute approximate surface area is 107 Å². The van der Waals surface area contributed by atoms with Gasteiger partial charge in [-0.3, -0.25) is 4.90 Å². The van der Waals surface area contributed by atoms with Gasteiger partial charge >= 0.3 is 0 Å². The zero-order chi connectivity index (χ0) is 12.0. The van der Waals surface area contributed by atoms with Gasteiger partial charge in [-0.05, 0) is 38.4 Å². The quantitative estimate of drug-likeness (QED) is 0.703. The van der Waals surface area contributed by atoms with E-state index in [1.54, 1.807) is 0 Å². The molecule has 5 heteroatoms. The minimum absolute atomic E-state index is 0.535. The lowest BCUT2D eigenvalue weighted by Crippen LogP contribution is -2.31. The second-order valence-corrected chi connectivity index (χ2v) is 5.86. The van der Waals surface area contributed by atoms with E-state index < -0.39 is 0 Å². The van der Waals surface area contributed by atoms with Gasteiger partial charge in [0.05, 0.1) is 6.54 Å². The monoisotopic (exact) mass is 261 g/mol. The van der Waals surface area contributed by atoms with E-state index in [1.807, 2.05) is 0 Å². The molecule has 0 atom stereocenters. The van der Waals surface area contributed by atoms with Gasteiger partial charge in [0.25, 0.3) is 0 Å². The lowest BCUT2D eigenvalue weighted by molar-refractivity contribution is 0.208. The fourth-order valence-electron chi connectivity index (χ4n) is 1.56. The van der Waals surface area contributed by atoms with Gasteiger partial charge in [-0.25, -0.2) is 0 Å². The van der Waals surface area contributed by atoms with Crippen molar-refractivity contribution in [3.05, 3.63) is 9.47 Å². The van der Waals surface area contributed by atoms with Crippen LogP contribution in [0.3, 0.4) is 0 Å². The molecule has 3 nitrogen and oxygen atoms in total. The molecule has 0 amide bonds. The molecule has 0 unspecified atom stereocenters. The summed E-state index contributed by atoms with van der Waals surface area (Å²) in [6.45, 7) is 8.65. The molecule has 0 bridgehead atoms. The maximum atomic E-state index is 5.78. The first-order valence-corrected chi connectivity index (χ1v) is 7.04. The molecule has 0 radical (unpaired) electrons. The zero-order valence-corrected chi connectivity index (χ0v) is 11.8. The van der Waals surface area contributed by atoms with Gasteiger partial charge in [-0.2, -0.15) is 0 Å². The Balaban J connectivity index is 2.44. The van der Waals surface area contributed by atoms with Gasteiger partial charge in [0, 0.05) is 6.04 Å². The molecular formula is C11H20ClN3S. The Hall–Kier alpha value is -0.190. The third-order valence-corrected chi connectivity index (χ3v) is 3.56. The van der Waals surface area contributed by atoms with Crippen molar-refractivity contribution in [2.45, 2.75) is 52.6 Å². The second-order valence-electron chi connectivity index (χ2n) is 4.22. The van der Waals surface area contributed by atoms with Crippen LogP contribution in [0.4, 0.5) is 0 Å². The van der Waals surface area contributed by atoms with E-state index >= 15 is 0 Å². The van der Waals surface area contributed by atoms with Gasteiger partial charge in [0.1, 0.15) is 5.01 Å². The van der Waals surface area contributed by atoms with Gasteiger partial charge in [0.15, 0.2) is 0 Å². The highest BCUT2D eigenvalue weighted by atomic mass is 35.5. The summed E-state index contributed by atoms with van der Waals surface area (Å²) in [7, 11) is 0. The number of rotatable bonds is 7. The van der Waals surface area contributed by atoms with Crippen molar-refractivity contribution < 1.29 is 0 Å². The summed E-state index contributed by atoms with van der Waals surface area (Å²) in [5, 5.41) is 8.90. The molecule has 1 aromatic rings. The molecule has 0 saturated carbocycles. The summed E-state index contributed by atoms with van der Waals surface area (Å²) in [5.41, 5.74) is 0. The molecule has 0 N–H and O–H groups in total. The average Bonchev–Trinajstić information content (AvgIpc) is 2.63. The molecule has 0 saturated heterocycles. The van der Waals surface area contributed by atoms with Gasteiger partial charge in [-0.15, -0.1) is 10.2 Å². The number of halogens is 1. The van der Waals surface area contributed by atoms with E-state index in [9.17, 15) is 0 Å². The molecule has 0 spiro atoms. The predicted molar refractivity (Wildman–Crippen MR) is 70.0 cm³/mol. The molecule has 1 heterocycles. The first kappa shape index (κ1) is 13.9. The van der Waals surface area contributed by atoms with E-state index in [0.29, 0.717) is 10.5 Å². The Kier molecular flexibility index (Phi) is 6.24. The normalized spacial score (nSPS) is 11.6. The highest BCUT2D eigenvalue weighted by Gasteiger charge is 2.12. The zero-order valence-electron chi connectivity index (χ0n) is 10.2. The number of hydrogen-bond donors (Lipinski definition) is 0. The number of nitrogens with zero attached hydrogens (tertiary/aromatic N) is 3. The van der Waals surface area contributed by atoms with Crippen LogP contribution in [0.25, 0.3) is 0 Å². The van der Waals surface area contributed by atoms with Crippen LogP contribution in [0.2, 0.25) is 4.47 Å². The Morgan fingerprint density at radius 1 is 1.31 bits per heavy atom. The van der Waals surface area contributed by atoms with E-state index in [4.69, 9.17) is 11.6 Å². The molecular weight excluding hydrogens is 242 g/mol. The van der Waals surface area contributed by atoms with Crippen LogP contribution in [0.5, 0.6) is 0 Å². The van der Waals surface area contributed by atoms with E-state index in [0.717, 1.165) is 18.1 Å². The van der Waals surface area contributed by atoms with Crippen molar-refractivity contribution in [1.82, 2.24) is 15.1 Å². The number of unbranched alkanes of at least 4 members (excludes halogenated alkanes) is 2. The first-order chi connectivity index (χ1) is 7.63. The average molecular weight is 262 g/mol. The van der Waals surface area contributed by atoms with Crippen LogP contribution in [-0.2, 0) is 6.54 Å². The highest BCUT2D eigenvalue weighted by Crippen LogP contribution is 2.18. The SMILES string of the molecule is CCCCCN(Cc1nnc(Cl)s1)C(C)C. The number of hydrogen-bond acceptors (Lipinski definition) is 4. The van der Waals surface area contributed by atoms with Crippen molar-refractivity contribution in [3.8, 4) is 0 Å². The van der Waals surface area contributed by atoms with Crippen LogP contribution in [0.15, 0.2) is 0 Å². The Bertz CT molecular complexity index is 301. The minimum Gasteiger partial charge on any atom is -0.294 e. The third-order valence-electron chi connectivity index (χ3n) is 2.56. The van der Waals surface area contributed by atoms with Gasteiger partial charge in [-0.1, -0.05) is 31.1 Å². The van der Waals surface area contributed by atoms with E-state index in [-0.39, 0.29) is 0 Å². The van der Waals surface area contributed by atoms with Gasteiger partial charge in [0.2, 0.25) is 4.47 Å². The fraction of sp³-hybridized carbons (Fsp3) is 0.818. The standard InChI is InChI=1S/C11H20ClN3S/c1-4-5-6-7-15(9(2)3)8-10-13-14-11(12)16-10/h9H,4-8H2,1-3H3. The minimum atomic E-state index is 0.535. The summed E-state index contributed by atoms with van der Waals surface area (Å²) in [5.74, 6) is 0. The topological polar surface area (TPSA) is 29.0 Å². The van der Waals surface area contributed by atoms with Crippen LogP contribution in [-0.4, -0.2) is 27.7 Å². The maximum absolute atomic E-state index is 5.78. The van der Waals surface area contributed by atoms with Crippen LogP contribution in [0, 0.1) is 0 Å². The summed E-state index contributed by atoms with van der Waals surface area (Å²) >= 11 is 7.25. The van der Waals surface area contributed by atoms with E-state index in [2.05, 4.69) is 35.9 Å². The molecule has 1 rings (SSSR count). The molecule has 0 aliphatic heterocycles. The van der Waals surface area contributed by atoms with Crippen molar-refractivity contribution in [2.24, 2.45) is 0 Å². The Morgan fingerprint density at radius 3 is 2.56 bits per heavy atom. The lowest BCUT2D eigenvalue weighted by Gasteiger charge is -2.25. The van der Waals surface area contributed by atoms with Gasteiger partial charge < -0.3 is 0 Å². The summed E-state index contributed by atoms with van der Waals surface area (Å²) < 4.78 is 0.535. The molecule has 0 aliphatic carbocycles. The maximum Gasteiger partial charge on any atom is 0.207 e. The highest BCUT2D eigenvalue weighted by molar-refractivity contribution is 7.15. The van der Waals surface area contributed by atoms with Crippen molar-refractivity contribution >= 4 is 22.9 Å². The summed E-state index contributed by atoms with van der Waals surface area (Å²) in [4.78, 5) is 2.42. The summed E-state index contributed by atoms with van der Waals surface area (Å²) in [6, 6.07) is 0.541. The van der Waals surface area contributed by atoms with Crippen LogP contribution >= 0.6 is 22.9 Å².